The van der Waals surface area contributed by atoms with Crippen LogP contribution >= 0.6 is 11.6 Å². The van der Waals surface area contributed by atoms with Crippen molar-refractivity contribution in [1.29, 1.82) is 0 Å². The Labute approximate surface area is 189 Å². The van der Waals surface area contributed by atoms with E-state index in [4.69, 9.17) is 25.8 Å². The fourth-order valence-electron chi connectivity index (χ4n) is 3.75. The topological polar surface area (TPSA) is 60.0 Å². The molecule has 7 heteroatoms. The zero-order valence-corrected chi connectivity index (χ0v) is 19.3. The molecule has 2 aromatic carbocycles. The average molecular weight is 447 g/mol. The number of hydrogen-bond acceptors (Lipinski definition) is 5. The number of ether oxygens (including phenoxy) is 3. The molecule has 1 amide bonds. The molecule has 0 saturated carbocycles. The molecule has 0 spiro atoms. The number of methoxy groups -OCH3 is 1. The standard InChI is InChI=1S/C24H31ClN2O4/c1-16(27-13-17(2)31-18(3)14-27)12-26-24(28)19-9-10-22(23(11-19)29-4)30-15-20-7-5-6-8-21(20)25/h5-11,16-18H,12-15H2,1-4H3,(H,26,28). The lowest BCUT2D eigenvalue weighted by Gasteiger charge is -2.39. The van der Waals surface area contributed by atoms with Crippen LogP contribution in [0.4, 0.5) is 0 Å². The van der Waals surface area contributed by atoms with Gasteiger partial charge in [-0.1, -0.05) is 29.8 Å². The van der Waals surface area contributed by atoms with Crippen LogP contribution in [0.3, 0.4) is 0 Å². The largest absolute Gasteiger partial charge is 0.493 e. The molecule has 1 N–H and O–H groups in total. The second-order valence-electron chi connectivity index (χ2n) is 8.02. The number of nitrogens with one attached hydrogen (secondary N) is 1. The van der Waals surface area contributed by atoms with Crippen LogP contribution in [0.1, 0.15) is 36.7 Å². The molecule has 0 aliphatic carbocycles. The van der Waals surface area contributed by atoms with Gasteiger partial charge in [-0.15, -0.1) is 0 Å². The van der Waals surface area contributed by atoms with Crippen molar-refractivity contribution < 1.29 is 19.0 Å². The van der Waals surface area contributed by atoms with Gasteiger partial charge in [-0.05, 0) is 45.0 Å². The van der Waals surface area contributed by atoms with Gasteiger partial charge in [0.15, 0.2) is 11.5 Å². The van der Waals surface area contributed by atoms with Crippen molar-refractivity contribution in [3.05, 3.63) is 58.6 Å². The maximum absolute atomic E-state index is 12.7. The van der Waals surface area contributed by atoms with Crippen molar-refractivity contribution in [3.8, 4) is 11.5 Å². The highest BCUT2D eigenvalue weighted by molar-refractivity contribution is 6.31. The number of carbonyl (C=O) groups is 1. The van der Waals surface area contributed by atoms with Gasteiger partial charge >= 0.3 is 0 Å². The Hall–Kier alpha value is -2.28. The Morgan fingerprint density at radius 2 is 1.90 bits per heavy atom. The molecule has 3 rings (SSSR count). The second kappa shape index (κ2) is 10.8. The molecule has 31 heavy (non-hydrogen) atoms. The molecule has 1 aliphatic heterocycles. The number of benzene rings is 2. The number of nitrogens with zero attached hydrogens (tertiary/aromatic N) is 1. The van der Waals surface area contributed by atoms with Gasteiger partial charge in [0.25, 0.3) is 5.91 Å². The van der Waals surface area contributed by atoms with Crippen molar-refractivity contribution in [2.75, 3.05) is 26.7 Å². The van der Waals surface area contributed by atoms with E-state index >= 15 is 0 Å². The fourth-order valence-corrected chi connectivity index (χ4v) is 3.94. The number of rotatable bonds is 8. The van der Waals surface area contributed by atoms with E-state index in [-0.39, 0.29) is 24.2 Å². The Kier molecular flexibility index (Phi) is 8.18. The molecule has 1 fully saturated rings. The highest BCUT2D eigenvalue weighted by atomic mass is 35.5. The summed E-state index contributed by atoms with van der Waals surface area (Å²) in [4.78, 5) is 15.0. The number of morpholine rings is 1. The summed E-state index contributed by atoms with van der Waals surface area (Å²) < 4.78 is 17.1. The first-order valence-corrected chi connectivity index (χ1v) is 11.0. The minimum absolute atomic E-state index is 0.142. The van der Waals surface area contributed by atoms with E-state index in [2.05, 4.69) is 31.0 Å². The van der Waals surface area contributed by atoms with Crippen molar-refractivity contribution in [3.63, 3.8) is 0 Å². The minimum atomic E-state index is -0.142. The van der Waals surface area contributed by atoms with E-state index in [0.717, 1.165) is 18.7 Å². The quantitative estimate of drug-likeness (QED) is 0.659. The van der Waals surface area contributed by atoms with E-state index in [1.807, 2.05) is 24.3 Å². The summed E-state index contributed by atoms with van der Waals surface area (Å²) in [7, 11) is 1.56. The Morgan fingerprint density at radius 1 is 1.19 bits per heavy atom. The van der Waals surface area contributed by atoms with E-state index < -0.39 is 0 Å². The number of hydrogen-bond donors (Lipinski definition) is 1. The van der Waals surface area contributed by atoms with Crippen LogP contribution in [0.15, 0.2) is 42.5 Å². The maximum Gasteiger partial charge on any atom is 0.251 e. The summed E-state index contributed by atoms with van der Waals surface area (Å²) in [6, 6.07) is 12.9. The molecule has 2 aromatic rings. The van der Waals surface area contributed by atoms with E-state index in [1.165, 1.54) is 0 Å². The van der Waals surface area contributed by atoms with Gasteiger partial charge in [-0.2, -0.15) is 0 Å². The molecule has 3 unspecified atom stereocenters. The minimum Gasteiger partial charge on any atom is -0.493 e. The third-order valence-electron chi connectivity index (χ3n) is 5.40. The van der Waals surface area contributed by atoms with E-state index in [1.54, 1.807) is 25.3 Å². The Bertz CT molecular complexity index is 882. The first-order valence-electron chi connectivity index (χ1n) is 10.6. The maximum atomic E-state index is 12.7. The summed E-state index contributed by atoms with van der Waals surface area (Å²) in [5.41, 5.74) is 1.41. The van der Waals surface area contributed by atoms with Gasteiger partial charge in [0.2, 0.25) is 0 Å². The molecular weight excluding hydrogens is 416 g/mol. The van der Waals surface area contributed by atoms with Crippen molar-refractivity contribution >= 4 is 17.5 Å². The number of halogens is 1. The van der Waals surface area contributed by atoms with Crippen LogP contribution < -0.4 is 14.8 Å². The molecular formula is C24H31ClN2O4. The van der Waals surface area contributed by atoms with E-state index in [9.17, 15) is 4.79 Å². The molecule has 6 nitrogen and oxygen atoms in total. The first-order chi connectivity index (χ1) is 14.9. The van der Waals surface area contributed by atoms with Crippen molar-refractivity contribution in [2.45, 2.75) is 45.6 Å². The smallest absolute Gasteiger partial charge is 0.251 e. The van der Waals surface area contributed by atoms with Gasteiger partial charge in [0, 0.05) is 41.8 Å². The zero-order valence-electron chi connectivity index (χ0n) is 18.6. The van der Waals surface area contributed by atoms with E-state index in [0.29, 0.717) is 35.2 Å². The van der Waals surface area contributed by atoms with Gasteiger partial charge in [-0.25, -0.2) is 0 Å². The molecule has 0 aromatic heterocycles. The zero-order chi connectivity index (χ0) is 22.4. The summed E-state index contributed by atoms with van der Waals surface area (Å²) in [5.74, 6) is 0.921. The van der Waals surface area contributed by atoms with Crippen LogP contribution in [-0.2, 0) is 11.3 Å². The first kappa shape index (κ1) is 23.4. The second-order valence-corrected chi connectivity index (χ2v) is 8.42. The van der Waals surface area contributed by atoms with Crippen molar-refractivity contribution in [1.82, 2.24) is 10.2 Å². The molecule has 3 atom stereocenters. The third kappa shape index (κ3) is 6.35. The van der Waals surface area contributed by atoms with Crippen LogP contribution in [0.5, 0.6) is 11.5 Å². The Morgan fingerprint density at radius 3 is 2.58 bits per heavy atom. The molecule has 0 radical (unpaired) electrons. The molecule has 1 heterocycles. The normalized spacial score (nSPS) is 20.2. The number of carbonyl (C=O) groups excluding carboxylic acids is 1. The monoisotopic (exact) mass is 446 g/mol. The lowest BCUT2D eigenvalue weighted by atomic mass is 10.1. The summed E-state index contributed by atoms with van der Waals surface area (Å²) in [6.45, 7) is 8.89. The Balaban J connectivity index is 1.58. The highest BCUT2D eigenvalue weighted by Crippen LogP contribution is 2.29. The van der Waals surface area contributed by atoms with Gasteiger partial charge in [-0.3, -0.25) is 9.69 Å². The van der Waals surface area contributed by atoms with Crippen LogP contribution in [0, 0.1) is 0 Å². The van der Waals surface area contributed by atoms with Gasteiger partial charge in [0.1, 0.15) is 6.61 Å². The molecule has 0 bridgehead atoms. The predicted molar refractivity (Wildman–Crippen MR) is 122 cm³/mol. The summed E-state index contributed by atoms with van der Waals surface area (Å²) in [5, 5.41) is 3.68. The van der Waals surface area contributed by atoms with Crippen molar-refractivity contribution in [2.24, 2.45) is 0 Å². The SMILES string of the molecule is COc1cc(C(=O)NCC(C)N2CC(C)OC(C)C2)ccc1OCc1ccccc1Cl. The molecule has 1 saturated heterocycles. The lowest BCUT2D eigenvalue weighted by molar-refractivity contribution is -0.0778. The fraction of sp³-hybridized carbons (Fsp3) is 0.458. The third-order valence-corrected chi connectivity index (χ3v) is 5.76. The van der Waals surface area contributed by atoms with Crippen LogP contribution in [-0.4, -0.2) is 55.8 Å². The summed E-state index contributed by atoms with van der Waals surface area (Å²) >= 11 is 6.19. The number of amides is 1. The predicted octanol–water partition coefficient (Wildman–Crippen LogP) is 4.16. The van der Waals surface area contributed by atoms with Gasteiger partial charge in [0.05, 0.1) is 19.3 Å². The van der Waals surface area contributed by atoms with Gasteiger partial charge < -0.3 is 19.5 Å². The van der Waals surface area contributed by atoms with Crippen LogP contribution in [0.25, 0.3) is 0 Å². The van der Waals surface area contributed by atoms with Crippen LogP contribution in [0.2, 0.25) is 5.02 Å². The average Bonchev–Trinajstić information content (AvgIpc) is 2.75. The highest BCUT2D eigenvalue weighted by Gasteiger charge is 2.26. The molecule has 168 valence electrons. The lowest BCUT2D eigenvalue weighted by Crippen LogP contribution is -2.52. The summed E-state index contributed by atoms with van der Waals surface area (Å²) in [6.07, 6.45) is 0.397. The molecule has 1 aliphatic rings.